The lowest BCUT2D eigenvalue weighted by Crippen LogP contribution is -2.23. The fourth-order valence-corrected chi connectivity index (χ4v) is 0.526. The SMILES string of the molecule is C#COC(=O)/C(NC)=C(/C)[O-]. The first-order valence-electron chi connectivity index (χ1n) is 2.86. The second-order valence-corrected chi connectivity index (χ2v) is 1.69. The molecule has 0 fully saturated rings. The van der Waals surface area contributed by atoms with Crippen LogP contribution < -0.4 is 10.4 Å². The molecule has 0 radical (unpaired) electrons. The van der Waals surface area contributed by atoms with Crippen molar-refractivity contribution in [3.63, 3.8) is 0 Å². The summed E-state index contributed by atoms with van der Waals surface area (Å²) in [5, 5.41) is 13.0. The van der Waals surface area contributed by atoms with Crippen LogP contribution in [0, 0.1) is 12.5 Å². The molecule has 11 heavy (non-hydrogen) atoms. The van der Waals surface area contributed by atoms with Gasteiger partial charge in [0.2, 0.25) is 0 Å². The average molecular weight is 154 g/mol. The molecule has 1 N–H and O–H groups in total. The number of hydrogen-bond donors (Lipinski definition) is 1. The molecule has 0 aromatic carbocycles. The van der Waals surface area contributed by atoms with Gasteiger partial charge in [-0.3, -0.25) is 0 Å². The van der Waals surface area contributed by atoms with E-state index < -0.39 is 11.7 Å². The number of hydrogen-bond acceptors (Lipinski definition) is 4. The van der Waals surface area contributed by atoms with E-state index in [2.05, 4.69) is 16.5 Å². The van der Waals surface area contributed by atoms with Gasteiger partial charge in [-0.15, -0.1) is 5.76 Å². The van der Waals surface area contributed by atoms with Gasteiger partial charge in [0.1, 0.15) is 11.8 Å². The number of nitrogens with one attached hydrogen (secondary N) is 1. The van der Waals surface area contributed by atoms with Gasteiger partial charge in [-0.25, -0.2) is 4.79 Å². The summed E-state index contributed by atoms with van der Waals surface area (Å²) in [5.41, 5.74) is -0.150. The van der Waals surface area contributed by atoms with E-state index in [1.165, 1.54) is 14.0 Å². The zero-order chi connectivity index (χ0) is 8.85. The first kappa shape index (κ1) is 9.37. The molecule has 0 bridgehead atoms. The number of likely N-dealkylation sites (N-methyl/N-ethyl adjacent to an activating group) is 1. The highest BCUT2D eigenvalue weighted by Crippen LogP contribution is 1.95. The number of esters is 1. The lowest BCUT2D eigenvalue weighted by molar-refractivity contribution is -0.303. The minimum absolute atomic E-state index is 0.150. The molecule has 0 aliphatic heterocycles. The predicted molar refractivity (Wildman–Crippen MR) is 36.7 cm³/mol. The van der Waals surface area contributed by atoms with Gasteiger partial charge in [0.15, 0.2) is 0 Å². The Morgan fingerprint density at radius 1 is 1.73 bits per heavy atom. The molecule has 0 atom stereocenters. The summed E-state index contributed by atoms with van der Waals surface area (Å²) in [6.07, 6.45) is 6.35. The van der Waals surface area contributed by atoms with E-state index in [9.17, 15) is 9.90 Å². The Morgan fingerprint density at radius 2 is 2.27 bits per heavy atom. The van der Waals surface area contributed by atoms with Crippen LogP contribution in [0.4, 0.5) is 0 Å². The Bertz CT molecular complexity index is 220. The molecule has 0 aromatic rings. The van der Waals surface area contributed by atoms with Crippen molar-refractivity contribution in [3.8, 4) is 12.5 Å². The number of terminal acetylenes is 1. The smallest absolute Gasteiger partial charge is 0.367 e. The predicted octanol–water partition coefficient (Wildman–Crippen LogP) is -1.07. The maximum atomic E-state index is 10.7. The fourth-order valence-electron chi connectivity index (χ4n) is 0.526. The Morgan fingerprint density at radius 3 is 2.55 bits per heavy atom. The molecular weight excluding hydrogens is 146 g/mol. The van der Waals surface area contributed by atoms with E-state index >= 15 is 0 Å². The largest absolute Gasteiger partial charge is 0.874 e. The molecule has 0 saturated carbocycles. The Balaban J connectivity index is 4.44. The molecular formula is C7H8NO3-. The van der Waals surface area contributed by atoms with Crippen LogP contribution in [0.15, 0.2) is 11.5 Å². The zero-order valence-electron chi connectivity index (χ0n) is 6.30. The van der Waals surface area contributed by atoms with E-state index in [0.717, 1.165) is 0 Å². The summed E-state index contributed by atoms with van der Waals surface area (Å²) >= 11 is 0. The molecule has 0 aliphatic rings. The minimum atomic E-state index is -0.831. The van der Waals surface area contributed by atoms with Crippen molar-refractivity contribution in [1.82, 2.24) is 5.32 Å². The Hall–Kier alpha value is -1.63. The van der Waals surface area contributed by atoms with Crippen LogP contribution in [0.1, 0.15) is 6.92 Å². The molecule has 0 rings (SSSR count). The van der Waals surface area contributed by atoms with Crippen molar-refractivity contribution in [2.45, 2.75) is 6.92 Å². The monoisotopic (exact) mass is 154 g/mol. The lowest BCUT2D eigenvalue weighted by atomic mass is 10.4. The van der Waals surface area contributed by atoms with Gasteiger partial charge < -0.3 is 15.2 Å². The van der Waals surface area contributed by atoms with Crippen LogP contribution in [0.2, 0.25) is 0 Å². The Kier molecular flexibility index (Phi) is 3.60. The summed E-state index contributed by atoms with van der Waals surface area (Å²) in [5.74, 6) is -1.24. The minimum Gasteiger partial charge on any atom is -0.874 e. The molecule has 0 spiro atoms. The third-order valence-corrected chi connectivity index (χ3v) is 0.958. The van der Waals surface area contributed by atoms with Gasteiger partial charge in [0.25, 0.3) is 0 Å². The van der Waals surface area contributed by atoms with Gasteiger partial charge in [-0.05, 0) is 0 Å². The van der Waals surface area contributed by atoms with Crippen LogP contribution in [-0.2, 0) is 9.53 Å². The molecule has 4 heteroatoms. The molecule has 0 heterocycles. The first-order chi connectivity index (χ1) is 5.13. The molecule has 60 valence electrons. The fraction of sp³-hybridized carbons (Fsp3) is 0.286. The summed E-state index contributed by atoms with van der Waals surface area (Å²) in [4.78, 5) is 10.7. The summed E-state index contributed by atoms with van der Waals surface area (Å²) in [6.45, 7) is 1.24. The summed E-state index contributed by atoms with van der Waals surface area (Å²) in [7, 11) is 1.44. The van der Waals surface area contributed by atoms with Gasteiger partial charge in [-0.2, -0.15) is 0 Å². The zero-order valence-corrected chi connectivity index (χ0v) is 6.30. The highest BCUT2D eigenvalue weighted by molar-refractivity contribution is 5.88. The van der Waals surface area contributed by atoms with Gasteiger partial charge in [0, 0.05) is 7.05 Å². The quantitative estimate of drug-likeness (QED) is 0.238. The van der Waals surface area contributed by atoms with Crippen LogP contribution in [-0.4, -0.2) is 13.0 Å². The van der Waals surface area contributed by atoms with Gasteiger partial charge in [-0.1, -0.05) is 13.3 Å². The number of carbonyl (C=O) groups excluding carboxylic acids is 1. The van der Waals surface area contributed by atoms with Crippen LogP contribution in [0.5, 0.6) is 0 Å². The number of ether oxygens (including phenoxy) is 1. The molecule has 4 nitrogen and oxygen atoms in total. The lowest BCUT2D eigenvalue weighted by Gasteiger charge is -2.11. The topological polar surface area (TPSA) is 61.4 Å². The Labute approximate surface area is 64.9 Å². The third-order valence-electron chi connectivity index (χ3n) is 0.958. The summed E-state index contributed by atoms with van der Waals surface area (Å²) < 4.78 is 4.12. The first-order valence-corrected chi connectivity index (χ1v) is 2.86. The normalized spacial score (nSPS) is 11.0. The maximum Gasteiger partial charge on any atom is 0.367 e. The van der Waals surface area contributed by atoms with Crippen LogP contribution in [0.25, 0.3) is 0 Å². The number of rotatable bonds is 2. The van der Waals surface area contributed by atoms with E-state index in [1.807, 2.05) is 0 Å². The molecule has 0 aliphatic carbocycles. The molecule has 0 saturated heterocycles. The number of allylic oxidation sites excluding steroid dienone is 1. The van der Waals surface area contributed by atoms with Crippen molar-refractivity contribution < 1.29 is 14.6 Å². The van der Waals surface area contributed by atoms with Crippen molar-refractivity contribution in [2.24, 2.45) is 0 Å². The van der Waals surface area contributed by atoms with E-state index in [1.54, 1.807) is 6.11 Å². The molecule has 0 aromatic heterocycles. The van der Waals surface area contributed by atoms with Crippen molar-refractivity contribution >= 4 is 5.97 Å². The maximum absolute atomic E-state index is 10.7. The van der Waals surface area contributed by atoms with Gasteiger partial charge >= 0.3 is 5.97 Å². The summed E-state index contributed by atoms with van der Waals surface area (Å²) in [6, 6.07) is 0. The van der Waals surface area contributed by atoms with Crippen LogP contribution in [0.3, 0.4) is 0 Å². The standard InChI is InChI=1S/C7H9NO3/c1-4-11-7(10)6(8-3)5(2)9/h1,8-9H,2-3H3/p-1/b6-5+. The number of carbonyl (C=O) groups is 1. The second kappa shape index (κ2) is 4.23. The van der Waals surface area contributed by atoms with Crippen molar-refractivity contribution in [1.29, 1.82) is 0 Å². The van der Waals surface area contributed by atoms with Crippen molar-refractivity contribution in [3.05, 3.63) is 11.5 Å². The van der Waals surface area contributed by atoms with E-state index in [-0.39, 0.29) is 5.70 Å². The van der Waals surface area contributed by atoms with Crippen molar-refractivity contribution in [2.75, 3.05) is 7.05 Å². The molecule has 0 amide bonds. The van der Waals surface area contributed by atoms with E-state index in [0.29, 0.717) is 0 Å². The average Bonchev–Trinajstić information content (AvgIpc) is 1.88. The second-order valence-electron chi connectivity index (χ2n) is 1.69. The highest BCUT2D eigenvalue weighted by atomic mass is 16.5. The third kappa shape index (κ3) is 2.63. The van der Waals surface area contributed by atoms with Gasteiger partial charge in [0.05, 0.1) is 0 Å². The van der Waals surface area contributed by atoms with Crippen LogP contribution >= 0.6 is 0 Å². The molecule has 0 unspecified atom stereocenters. The highest BCUT2D eigenvalue weighted by Gasteiger charge is 2.06. The van der Waals surface area contributed by atoms with E-state index in [4.69, 9.17) is 0 Å².